The average molecular weight is 502 g/mol. The van der Waals surface area contributed by atoms with Crippen LogP contribution in [0, 0.1) is 13.8 Å². The van der Waals surface area contributed by atoms with Crippen molar-refractivity contribution in [2.24, 2.45) is 0 Å². The summed E-state index contributed by atoms with van der Waals surface area (Å²) in [6.07, 6.45) is 0. The molecule has 38 heavy (non-hydrogen) atoms. The Morgan fingerprint density at radius 1 is 0.579 bits per heavy atom. The standard InChI is InChI=1S/C37H43N/c1-24-15-16-27(26-17-19-28(20-18-26)35(3,4)5)22-33(24)38(36(6,7)8)34-23-30-29-13-11-12-14-31(29)37(9,10)32(30)21-25(34)2/h11-23H,1-10H3. The maximum atomic E-state index is 2.55. The topological polar surface area (TPSA) is 3.24 Å². The molecule has 0 saturated heterocycles. The van der Waals surface area contributed by atoms with Crippen LogP contribution in [0.5, 0.6) is 0 Å². The van der Waals surface area contributed by atoms with Gasteiger partial charge in [0.1, 0.15) is 0 Å². The van der Waals surface area contributed by atoms with Gasteiger partial charge in [-0.1, -0.05) is 101 Å². The van der Waals surface area contributed by atoms with E-state index in [1.54, 1.807) is 0 Å². The lowest BCUT2D eigenvalue weighted by Gasteiger charge is -2.40. The highest BCUT2D eigenvalue weighted by Crippen LogP contribution is 2.51. The van der Waals surface area contributed by atoms with Crippen LogP contribution in [0.4, 0.5) is 11.4 Å². The molecule has 1 aliphatic rings. The molecule has 0 fully saturated rings. The maximum Gasteiger partial charge on any atom is 0.0451 e. The lowest BCUT2D eigenvalue weighted by atomic mass is 9.82. The van der Waals surface area contributed by atoms with Gasteiger partial charge in [-0.05, 0) is 102 Å². The lowest BCUT2D eigenvalue weighted by molar-refractivity contribution is 0.558. The van der Waals surface area contributed by atoms with Crippen LogP contribution >= 0.6 is 0 Å². The Morgan fingerprint density at radius 3 is 1.82 bits per heavy atom. The smallest absolute Gasteiger partial charge is 0.0451 e. The van der Waals surface area contributed by atoms with Crippen LogP contribution in [0.1, 0.15) is 83.2 Å². The summed E-state index contributed by atoms with van der Waals surface area (Å²) in [5, 5.41) is 0. The molecule has 0 radical (unpaired) electrons. The first-order valence-electron chi connectivity index (χ1n) is 14.0. The minimum Gasteiger partial charge on any atom is -0.336 e. The van der Waals surface area contributed by atoms with E-state index in [-0.39, 0.29) is 16.4 Å². The molecule has 1 heteroatoms. The quantitative estimate of drug-likeness (QED) is 0.270. The average Bonchev–Trinajstić information content (AvgIpc) is 3.06. The summed E-state index contributed by atoms with van der Waals surface area (Å²) in [7, 11) is 0. The van der Waals surface area contributed by atoms with Gasteiger partial charge in [-0.15, -0.1) is 0 Å². The second-order valence-corrected chi connectivity index (χ2v) is 13.7. The predicted molar refractivity (Wildman–Crippen MR) is 166 cm³/mol. The molecule has 0 heterocycles. The van der Waals surface area contributed by atoms with E-state index >= 15 is 0 Å². The van der Waals surface area contributed by atoms with Gasteiger partial charge in [0.05, 0.1) is 0 Å². The minimum absolute atomic E-state index is 0.0107. The van der Waals surface area contributed by atoms with Crippen molar-refractivity contribution in [2.75, 3.05) is 4.90 Å². The monoisotopic (exact) mass is 501 g/mol. The van der Waals surface area contributed by atoms with Crippen molar-refractivity contribution in [3.05, 3.63) is 107 Å². The molecule has 0 unspecified atom stereocenters. The van der Waals surface area contributed by atoms with E-state index in [0.29, 0.717) is 0 Å². The van der Waals surface area contributed by atoms with Crippen LogP contribution in [-0.2, 0) is 10.8 Å². The van der Waals surface area contributed by atoms with Gasteiger partial charge >= 0.3 is 0 Å². The summed E-state index contributed by atoms with van der Waals surface area (Å²) in [6.45, 7) is 23.0. The Morgan fingerprint density at radius 2 is 1.18 bits per heavy atom. The third-order valence-corrected chi connectivity index (χ3v) is 8.35. The zero-order valence-electron chi connectivity index (χ0n) is 25.0. The number of anilines is 2. The van der Waals surface area contributed by atoms with Crippen molar-refractivity contribution in [3.8, 4) is 22.3 Å². The second kappa shape index (κ2) is 8.87. The molecule has 196 valence electrons. The Balaban J connectivity index is 1.67. The lowest BCUT2D eigenvalue weighted by Crippen LogP contribution is -2.38. The number of aryl methyl sites for hydroxylation is 2. The fraction of sp³-hybridized carbons (Fsp3) is 0.351. The summed E-state index contributed by atoms with van der Waals surface area (Å²) in [5.74, 6) is 0. The fourth-order valence-corrected chi connectivity index (χ4v) is 6.13. The van der Waals surface area contributed by atoms with Crippen molar-refractivity contribution < 1.29 is 0 Å². The van der Waals surface area contributed by atoms with Gasteiger partial charge in [0, 0.05) is 22.3 Å². The van der Waals surface area contributed by atoms with E-state index < -0.39 is 0 Å². The molecule has 0 saturated carbocycles. The molecule has 0 amide bonds. The van der Waals surface area contributed by atoms with Gasteiger partial charge in [0.2, 0.25) is 0 Å². The van der Waals surface area contributed by atoms with Gasteiger partial charge in [-0.3, -0.25) is 0 Å². The third kappa shape index (κ3) is 4.37. The summed E-state index contributed by atoms with van der Waals surface area (Å²) in [5.41, 5.74) is 14.7. The summed E-state index contributed by atoms with van der Waals surface area (Å²) in [6, 6.07) is 29.9. The van der Waals surface area contributed by atoms with Crippen LogP contribution in [-0.4, -0.2) is 5.54 Å². The van der Waals surface area contributed by atoms with E-state index in [4.69, 9.17) is 0 Å². The van der Waals surface area contributed by atoms with Crippen molar-refractivity contribution >= 4 is 11.4 Å². The molecular weight excluding hydrogens is 458 g/mol. The highest BCUT2D eigenvalue weighted by atomic mass is 15.2. The van der Waals surface area contributed by atoms with Crippen molar-refractivity contribution in [2.45, 2.75) is 85.6 Å². The van der Waals surface area contributed by atoms with Crippen molar-refractivity contribution in [1.29, 1.82) is 0 Å². The summed E-state index contributed by atoms with van der Waals surface area (Å²) < 4.78 is 0. The largest absolute Gasteiger partial charge is 0.336 e. The first kappa shape index (κ1) is 26.3. The number of benzene rings is 4. The van der Waals surface area contributed by atoms with Gasteiger partial charge in [-0.2, -0.15) is 0 Å². The fourth-order valence-electron chi connectivity index (χ4n) is 6.13. The zero-order valence-corrected chi connectivity index (χ0v) is 25.0. The molecular formula is C37H43N. The molecule has 1 aliphatic carbocycles. The Bertz CT molecular complexity index is 1500. The highest BCUT2D eigenvalue weighted by Gasteiger charge is 2.37. The van der Waals surface area contributed by atoms with Gasteiger partial charge in [-0.25, -0.2) is 0 Å². The van der Waals surface area contributed by atoms with Gasteiger partial charge < -0.3 is 4.90 Å². The van der Waals surface area contributed by atoms with Gasteiger partial charge in [0.15, 0.2) is 0 Å². The molecule has 0 aromatic heterocycles. The summed E-state index contributed by atoms with van der Waals surface area (Å²) in [4.78, 5) is 2.55. The Labute approximate surface area is 230 Å². The molecule has 0 spiro atoms. The molecule has 0 bridgehead atoms. The second-order valence-electron chi connectivity index (χ2n) is 13.7. The molecule has 0 atom stereocenters. The number of nitrogens with zero attached hydrogens (tertiary/aromatic N) is 1. The first-order chi connectivity index (χ1) is 17.7. The Hall–Kier alpha value is -3.32. The predicted octanol–water partition coefficient (Wildman–Crippen LogP) is 10.5. The van der Waals surface area contributed by atoms with E-state index in [1.807, 2.05) is 0 Å². The van der Waals surface area contributed by atoms with Crippen LogP contribution in [0.25, 0.3) is 22.3 Å². The number of hydrogen-bond donors (Lipinski definition) is 0. The molecule has 1 nitrogen and oxygen atoms in total. The van der Waals surface area contributed by atoms with Crippen LogP contribution < -0.4 is 4.90 Å². The number of fused-ring (bicyclic) bond motifs is 3. The molecule has 0 aliphatic heterocycles. The van der Waals surface area contributed by atoms with E-state index in [1.165, 1.54) is 61.4 Å². The maximum absolute atomic E-state index is 2.55. The summed E-state index contributed by atoms with van der Waals surface area (Å²) >= 11 is 0. The highest BCUT2D eigenvalue weighted by molar-refractivity contribution is 5.86. The van der Waals surface area contributed by atoms with Crippen LogP contribution in [0.15, 0.2) is 78.9 Å². The minimum atomic E-state index is -0.105. The van der Waals surface area contributed by atoms with Crippen LogP contribution in [0.3, 0.4) is 0 Å². The normalized spacial score (nSPS) is 14.3. The molecule has 4 aromatic rings. The molecule has 5 rings (SSSR count). The third-order valence-electron chi connectivity index (χ3n) is 8.35. The van der Waals surface area contributed by atoms with Crippen molar-refractivity contribution in [1.82, 2.24) is 0 Å². The van der Waals surface area contributed by atoms with E-state index in [9.17, 15) is 0 Å². The molecule has 4 aromatic carbocycles. The van der Waals surface area contributed by atoms with E-state index in [2.05, 4.69) is 153 Å². The number of hydrogen-bond acceptors (Lipinski definition) is 1. The zero-order chi connectivity index (χ0) is 27.6. The van der Waals surface area contributed by atoms with Gasteiger partial charge in [0.25, 0.3) is 0 Å². The van der Waals surface area contributed by atoms with Crippen LogP contribution in [0.2, 0.25) is 0 Å². The SMILES string of the molecule is Cc1ccc(-c2ccc(C(C)(C)C)cc2)cc1N(c1cc2c(cc1C)C(C)(C)c1ccccc1-2)C(C)(C)C. The first-order valence-corrected chi connectivity index (χ1v) is 14.0. The number of rotatable bonds is 3. The molecule has 0 N–H and O–H groups in total. The Kier molecular flexibility index (Phi) is 6.14. The van der Waals surface area contributed by atoms with E-state index in [0.717, 1.165) is 0 Å². The van der Waals surface area contributed by atoms with Crippen molar-refractivity contribution in [3.63, 3.8) is 0 Å².